The average Bonchev–Trinajstić information content (AvgIpc) is 2.63. The number of hydrogen-bond donors (Lipinski definition) is 1. The number of urea groups is 1. The van der Waals surface area contributed by atoms with E-state index in [0.29, 0.717) is 11.8 Å². The molecule has 2 aliphatic rings. The van der Waals surface area contributed by atoms with Gasteiger partial charge >= 0.3 is 6.03 Å². The van der Waals surface area contributed by atoms with Crippen molar-refractivity contribution in [2.24, 2.45) is 11.8 Å². The van der Waals surface area contributed by atoms with Crippen LogP contribution in [0.3, 0.4) is 0 Å². The molecule has 2 aliphatic heterocycles. The van der Waals surface area contributed by atoms with E-state index in [-0.39, 0.29) is 23.6 Å². The Bertz CT molecular complexity index is 636. The molecule has 0 aliphatic carbocycles. The molecule has 3 rings (SSSR count). The second-order valence-corrected chi connectivity index (χ2v) is 8.32. The van der Waals surface area contributed by atoms with Gasteiger partial charge < -0.3 is 15.0 Å². The van der Waals surface area contributed by atoms with Gasteiger partial charge in [-0.3, -0.25) is 4.90 Å². The van der Waals surface area contributed by atoms with Gasteiger partial charge in [0.2, 0.25) is 0 Å². The number of ether oxygens (including phenoxy) is 1. The number of nitrogens with one attached hydrogen (secondary N) is 1. The first-order chi connectivity index (χ1) is 12.9. The molecule has 0 saturated carbocycles. The Morgan fingerprint density at radius 3 is 2.48 bits per heavy atom. The van der Waals surface area contributed by atoms with Gasteiger partial charge in [-0.25, -0.2) is 9.18 Å². The molecule has 0 bridgehead atoms. The van der Waals surface area contributed by atoms with Crippen LogP contribution in [0.25, 0.3) is 0 Å². The van der Waals surface area contributed by atoms with Crippen LogP contribution in [0.4, 0.5) is 9.18 Å². The molecule has 1 N–H and O–H groups in total. The standard InChI is InChI=1S/C21H32FN3O2/c1-15-10-16(2)13-25(12-15)21(26)23-18-6-8-24(9-7-18)14-17-4-5-20(27-3)19(22)11-17/h4-5,11,15-16,18H,6-10,12-14H2,1-3H3,(H,23,26). The van der Waals surface area contributed by atoms with Crippen LogP contribution in [0.15, 0.2) is 18.2 Å². The van der Waals surface area contributed by atoms with E-state index >= 15 is 0 Å². The summed E-state index contributed by atoms with van der Waals surface area (Å²) >= 11 is 0. The maximum absolute atomic E-state index is 13.8. The molecule has 5 nitrogen and oxygen atoms in total. The molecule has 2 unspecified atom stereocenters. The summed E-state index contributed by atoms with van der Waals surface area (Å²) in [6, 6.07) is 5.45. The van der Waals surface area contributed by atoms with Crippen LogP contribution < -0.4 is 10.1 Å². The SMILES string of the molecule is COc1ccc(CN2CCC(NC(=O)N3CC(C)CC(C)C3)CC2)cc1F. The Morgan fingerprint density at radius 2 is 1.89 bits per heavy atom. The minimum atomic E-state index is -0.317. The average molecular weight is 378 g/mol. The third-order valence-corrected chi connectivity index (χ3v) is 5.69. The Hall–Kier alpha value is -1.82. The zero-order valence-corrected chi connectivity index (χ0v) is 16.7. The third-order valence-electron chi connectivity index (χ3n) is 5.69. The van der Waals surface area contributed by atoms with Gasteiger partial charge in [-0.05, 0) is 48.8 Å². The van der Waals surface area contributed by atoms with E-state index in [4.69, 9.17) is 4.74 Å². The Balaban J connectivity index is 1.45. The molecule has 2 atom stereocenters. The third kappa shape index (κ3) is 5.34. The lowest BCUT2D eigenvalue weighted by Crippen LogP contribution is -2.52. The highest BCUT2D eigenvalue weighted by atomic mass is 19.1. The Morgan fingerprint density at radius 1 is 1.22 bits per heavy atom. The van der Waals surface area contributed by atoms with E-state index in [1.54, 1.807) is 12.1 Å². The fourth-order valence-corrected chi connectivity index (χ4v) is 4.40. The number of carbonyl (C=O) groups excluding carboxylic acids is 1. The Kier molecular flexibility index (Phi) is 6.58. The van der Waals surface area contributed by atoms with Gasteiger partial charge in [0.05, 0.1) is 7.11 Å². The number of amides is 2. The lowest BCUT2D eigenvalue weighted by Gasteiger charge is -2.37. The molecule has 2 saturated heterocycles. The summed E-state index contributed by atoms with van der Waals surface area (Å²) in [5.74, 6) is 1.11. The fraction of sp³-hybridized carbons (Fsp3) is 0.667. The summed E-state index contributed by atoms with van der Waals surface area (Å²) in [5.41, 5.74) is 0.951. The molecule has 1 aromatic rings. The summed E-state index contributed by atoms with van der Waals surface area (Å²) in [6.45, 7) is 8.70. The van der Waals surface area contributed by atoms with Crippen LogP contribution in [-0.4, -0.2) is 55.2 Å². The molecule has 2 fully saturated rings. The number of hydrogen-bond acceptors (Lipinski definition) is 3. The van der Waals surface area contributed by atoms with Crippen molar-refractivity contribution >= 4 is 6.03 Å². The summed E-state index contributed by atoms with van der Waals surface area (Å²) in [6.07, 6.45) is 3.07. The lowest BCUT2D eigenvalue weighted by molar-refractivity contribution is 0.135. The van der Waals surface area contributed by atoms with Crippen LogP contribution in [-0.2, 0) is 6.54 Å². The van der Waals surface area contributed by atoms with Crippen molar-refractivity contribution in [3.63, 3.8) is 0 Å². The van der Waals surface area contributed by atoms with Crippen molar-refractivity contribution in [3.8, 4) is 5.75 Å². The molecule has 150 valence electrons. The van der Waals surface area contributed by atoms with Crippen molar-refractivity contribution in [1.29, 1.82) is 0 Å². The van der Waals surface area contributed by atoms with Gasteiger partial charge in [0.25, 0.3) is 0 Å². The number of methoxy groups -OCH3 is 1. The van der Waals surface area contributed by atoms with Crippen LogP contribution in [0, 0.1) is 17.7 Å². The molecule has 6 heteroatoms. The quantitative estimate of drug-likeness (QED) is 0.874. The molecule has 1 aromatic carbocycles. The smallest absolute Gasteiger partial charge is 0.317 e. The molecule has 2 heterocycles. The van der Waals surface area contributed by atoms with Gasteiger partial charge in [0, 0.05) is 38.8 Å². The molecule has 0 radical (unpaired) electrons. The normalized spacial score (nSPS) is 24.7. The van der Waals surface area contributed by atoms with Crippen molar-refractivity contribution in [3.05, 3.63) is 29.6 Å². The van der Waals surface area contributed by atoms with Crippen LogP contribution in [0.5, 0.6) is 5.75 Å². The number of rotatable bonds is 4. The lowest BCUT2D eigenvalue weighted by atomic mass is 9.92. The first kappa shape index (κ1) is 19.9. The molecular weight excluding hydrogens is 345 g/mol. The van der Waals surface area contributed by atoms with E-state index in [1.807, 2.05) is 11.0 Å². The predicted molar refractivity (Wildman–Crippen MR) is 104 cm³/mol. The zero-order chi connectivity index (χ0) is 19.4. The van der Waals surface area contributed by atoms with Gasteiger partial charge in [-0.15, -0.1) is 0 Å². The van der Waals surface area contributed by atoms with Crippen LogP contribution in [0.2, 0.25) is 0 Å². The highest BCUT2D eigenvalue weighted by Crippen LogP contribution is 2.22. The summed E-state index contributed by atoms with van der Waals surface area (Å²) in [4.78, 5) is 16.9. The van der Waals surface area contributed by atoms with Crippen LogP contribution >= 0.6 is 0 Å². The zero-order valence-electron chi connectivity index (χ0n) is 16.7. The topological polar surface area (TPSA) is 44.8 Å². The molecule has 0 aromatic heterocycles. The van der Waals surface area contributed by atoms with Crippen LogP contribution in [0.1, 0.15) is 38.7 Å². The van der Waals surface area contributed by atoms with E-state index < -0.39 is 0 Å². The molecule has 0 spiro atoms. The van der Waals surface area contributed by atoms with Crippen molar-refractivity contribution in [2.75, 3.05) is 33.3 Å². The van der Waals surface area contributed by atoms with E-state index in [1.165, 1.54) is 13.5 Å². The summed E-state index contributed by atoms with van der Waals surface area (Å²) in [7, 11) is 1.47. The van der Waals surface area contributed by atoms with E-state index in [9.17, 15) is 9.18 Å². The second-order valence-electron chi connectivity index (χ2n) is 8.32. The van der Waals surface area contributed by atoms with Crippen molar-refractivity contribution < 1.29 is 13.9 Å². The molecule has 2 amide bonds. The molecule has 27 heavy (non-hydrogen) atoms. The van der Waals surface area contributed by atoms with Gasteiger partial charge in [-0.1, -0.05) is 19.9 Å². The summed E-state index contributed by atoms with van der Waals surface area (Å²) in [5, 5.41) is 3.22. The number of likely N-dealkylation sites (tertiary alicyclic amines) is 2. The maximum Gasteiger partial charge on any atom is 0.317 e. The largest absolute Gasteiger partial charge is 0.494 e. The number of benzene rings is 1. The number of nitrogens with zero attached hydrogens (tertiary/aromatic N) is 2. The number of piperidine rings is 2. The number of halogens is 1. The number of carbonyl (C=O) groups is 1. The monoisotopic (exact) mass is 377 g/mol. The minimum absolute atomic E-state index is 0.0871. The summed E-state index contributed by atoms with van der Waals surface area (Å²) < 4.78 is 18.8. The van der Waals surface area contributed by atoms with Gasteiger partial charge in [0.15, 0.2) is 11.6 Å². The second kappa shape index (κ2) is 8.91. The highest BCUT2D eigenvalue weighted by Gasteiger charge is 2.28. The van der Waals surface area contributed by atoms with Gasteiger partial charge in [-0.2, -0.15) is 0 Å². The van der Waals surface area contributed by atoms with Crippen molar-refractivity contribution in [1.82, 2.24) is 15.1 Å². The van der Waals surface area contributed by atoms with E-state index in [2.05, 4.69) is 24.1 Å². The maximum atomic E-state index is 13.8. The van der Waals surface area contributed by atoms with Crippen molar-refractivity contribution in [2.45, 2.75) is 45.7 Å². The predicted octanol–water partition coefficient (Wildman–Crippen LogP) is 3.49. The highest BCUT2D eigenvalue weighted by molar-refractivity contribution is 5.74. The first-order valence-electron chi connectivity index (χ1n) is 10.0. The van der Waals surface area contributed by atoms with E-state index in [0.717, 1.165) is 51.1 Å². The first-order valence-corrected chi connectivity index (χ1v) is 10.0. The van der Waals surface area contributed by atoms with Gasteiger partial charge in [0.1, 0.15) is 0 Å². The fourth-order valence-electron chi connectivity index (χ4n) is 4.40. The molecular formula is C21H32FN3O2. The Labute approximate surface area is 161 Å². The minimum Gasteiger partial charge on any atom is -0.494 e.